The van der Waals surface area contributed by atoms with Crippen molar-refractivity contribution in [2.24, 2.45) is 0 Å². The zero-order valence-corrected chi connectivity index (χ0v) is 27.4. The van der Waals surface area contributed by atoms with E-state index < -0.39 is 0 Å². The van der Waals surface area contributed by atoms with E-state index in [9.17, 15) is 0 Å². The Kier molecular flexibility index (Phi) is 5.65. The van der Waals surface area contributed by atoms with Crippen LogP contribution in [0.15, 0.2) is 152 Å². The lowest BCUT2D eigenvalue weighted by atomic mass is 9.82. The third kappa shape index (κ3) is 4.02. The molecule has 0 spiro atoms. The van der Waals surface area contributed by atoms with E-state index in [4.69, 9.17) is 0 Å². The lowest BCUT2D eigenvalue weighted by Gasteiger charge is -2.22. The van der Waals surface area contributed by atoms with Gasteiger partial charge in [-0.15, -0.1) is 0 Å². The zero-order chi connectivity index (χ0) is 32.1. The Morgan fingerprint density at radius 3 is 1.60 bits per heavy atom. The standard InChI is InChI=1S/C48H34/c1-48(2,3)37-26-35-17-12-30-19-21-39(43-23-20-36(27-37)46(35)47(30)43)33-15-13-32-25-34(16-14-31(32)24-33)44-28-45-38-9-5-4-8-29(38)18-22-42(45)40-10-6-7-11-41(40)44/h4-28H,1-3H3. The molecule has 0 N–H and O–H groups in total. The molecule has 226 valence electrons. The van der Waals surface area contributed by atoms with Crippen molar-refractivity contribution in [3.63, 3.8) is 0 Å². The molecule has 0 bridgehead atoms. The van der Waals surface area contributed by atoms with Crippen LogP contribution in [0.1, 0.15) is 26.3 Å². The molecule has 0 saturated heterocycles. The van der Waals surface area contributed by atoms with Gasteiger partial charge in [-0.1, -0.05) is 154 Å². The Morgan fingerprint density at radius 2 is 0.854 bits per heavy atom. The maximum atomic E-state index is 2.41. The first-order valence-corrected chi connectivity index (χ1v) is 17.0. The molecule has 0 nitrogen and oxygen atoms in total. The average Bonchev–Trinajstić information content (AvgIpc) is 3.12. The molecule has 0 saturated carbocycles. The Hall–Kier alpha value is -5.72. The molecule has 0 heteroatoms. The highest BCUT2D eigenvalue weighted by Crippen LogP contribution is 2.43. The maximum Gasteiger partial charge on any atom is -0.00206 e. The first kappa shape index (κ1) is 27.4. The highest BCUT2D eigenvalue weighted by atomic mass is 14.2. The van der Waals surface area contributed by atoms with Gasteiger partial charge < -0.3 is 0 Å². The van der Waals surface area contributed by atoms with E-state index in [1.54, 1.807) is 0 Å². The van der Waals surface area contributed by atoms with E-state index >= 15 is 0 Å². The van der Waals surface area contributed by atoms with Gasteiger partial charge in [-0.2, -0.15) is 0 Å². The summed E-state index contributed by atoms with van der Waals surface area (Å²) >= 11 is 0. The van der Waals surface area contributed by atoms with E-state index in [1.807, 2.05) is 0 Å². The average molecular weight is 611 g/mol. The van der Waals surface area contributed by atoms with Gasteiger partial charge in [0, 0.05) is 0 Å². The molecule has 10 aromatic rings. The molecule has 0 atom stereocenters. The van der Waals surface area contributed by atoms with Crippen molar-refractivity contribution in [3.05, 3.63) is 157 Å². The van der Waals surface area contributed by atoms with E-state index in [1.165, 1.54) is 103 Å². The first-order valence-electron chi connectivity index (χ1n) is 17.0. The fraction of sp³-hybridized carbons (Fsp3) is 0.0833. The zero-order valence-electron chi connectivity index (χ0n) is 27.4. The van der Waals surface area contributed by atoms with Crippen LogP contribution < -0.4 is 0 Å². The monoisotopic (exact) mass is 610 g/mol. The molecule has 0 fully saturated rings. The minimum absolute atomic E-state index is 0.107. The van der Waals surface area contributed by atoms with Crippen molar-refractivity contribution in [3.8, 4) is 22.3 Å². The topological polar surface area (TPSA) is 0 Å². The molecule has 0 aliphatic carbocycles. The smallest absolute Gasteiger partial charge is 0.00206 e. The number of rotatable bonds is 2. The highest BCUT2D eigenvalue weighted by Gasteiger charge is 2.18. The van der Waals surface area contributed by atoms with E-state index in [0.29, 0.717) is 0 Å². The number of hydrogen-bond acceptors (Lipinski definition) is 0. The summed E-state index contributed by atoms with van der Waals surface area (Å²) in [5, 5.41) is 18.3. The number of fused-ring (bicyclic) bond motifs is 6. The molecule has 0 aliphatic heterocycles. The molecule has 10 aromatic carbocycles. The van der Waals surface area contributed by atoms with Crippen molar-refractivity contribution in [1.29, 1.82) is 0 Å². The van der Waals surface area contributed by atoms with Gasteiger partial charge >= 0.3 is 0 Å². The lowest BCUT2D eigenvalue weighted by Crippen LogP contribution is -2.10. The van der Waals surface area contributed by atoms with Gasteiger partial charge in [-0.3, -0.25) is 0 Å². The molecular formula is C48H34. The molecule has 0 aromatic heterocycles. The highest BCUT2D eigenvalue weighted by molar-refractivity contribution is 6.26. The molecule has 0 unspecified atom stereocenters. The normalized spacial score (nSPS) is 12.5. The second-order valence-corrected chi connectivity index (χ2v) is 14.6. The van der Waals surface area contributed by atoms with Crippen LogP contribution in [0.4, 0.5) is 0 Å². The van der Waals surface area contributed by atoms with Gasteiger partial charge in [0.25, 0.3) is 0 Å². The van der Waals surface area contributed by atoms with Gasteiger partial charge in [-0.05, 0) is 127 Å². The van der Waals surface area contributed by atoms with Crippen LogP contribution in [0.2, 0.25) is 0 Å². The number of hydrogen-bond donors (Lipinski definition) is 0. The van der Waals surface area contributed by atoms with Crippen LogP contribution in [0.25, 0.3) is 97.7 Å². The summed E-state index contributed by atoms with van der Waals surface area (Å²) in [7, 11) is 0. The summed E-state index contributed by atoms with van der Waals surface area (Å²) in [6, 6.07) is 57.1. The van der Waals surface area contributed by atoms with E-state index in [0.717, 1.165) is 0 Å². The van der Waals surface area contributed by atoms with Crippen molar-refractivity contribution in [1.82, 2.24) is 0 Å². The second kappa shape index (κ2) is 9.89. The fourth-order valence-corrected chi connectivity index (χ4v) is 8.18. The SMILES string of the molecule is CC(C)(C)c1cc2ccc3ccc(-c4ccc5cc(-c6cc7c8ccccc8ccc7c7ccccc67)ccc5c4)c4ccc(c1)c2c34. The van der Waals surface area contributed by atoms with Crippen molar-refractivity contribution >= 4 is 75.4 Å². The van der Waals surface area contributed by atoms with Crippen LogP contribution in [-0.2, 0) is 5.41 Å². The van der Waals surface area contributed by atoms with Crippen LogP contribution in [-0.4, -0.2) is 0 Å². The minimum Gasteiger partial charge on any atom is -0.0616 e. The number of benzene rings is 10. The largest absolute Gasteiger partial charge is 0.0616 e. The lowest BCUT2D eigenvalue weighted by molar-refractivity contribution is 0.591. The van der Waals surface area contributed by atoms with Crippen LogP contribution in [0.3, 0.4) is 0 Å². The molecule has 0 radical (unpaired) electrons. The minimum atomic E-state index is 0.107. The maximum absolute atomic E-state index is 2.41. The molecular weight excluding hydrogens is 577 g/mol. The first-order chi connectivity index (χ1) is 23.4. The molecule has 0 aliphatic rings. The molecule has 10 rings (SSSR count). The van der Waals surface area contributed by atoms with Crippen molar-refractivity contribution in [2.45, 2.75) is 26.2 Å². The molecule has 48 heavy (non-hydrogen) atoms. The predicted octanol–water partition coefficient (Wildman–Crippen LogP) is 13.8. The summed E-state index contributed by atoms with van der Waals surface area (Å²) in [5.74, 6) is 0. The third-order valence-electron chi connectivity index (χ3n) is 10.7. The third-order valence-corrected chi connectivity index (χ3v) is 10.7. The summed E-state index contributed by atoms with van der Waals surface area (Å²) in [6.45, 7) is 6.89. The van der Waals surface area contributed by atoms with Gasteiger partial charge in [0.15, 0.2) is 0 Å². The van der Waals surface area contributed by atoms with Crippen LogP contribution >= 0.6 is 0 Å². The van der Waals surface area contributed by atoms with Crippen molar-refractivity contribution < 1.29 is 0 Å². The summed E-state index contributed by atoms with van der Waals surface area (Å²) < 4.78 is 0. The van der Waals surface area contributed by atoms with Crippen molar-refractivity contribution in [2.75, 3.05) is 0 Å². The van der Waals surface area contributed by atoms with Gasteiger partial charge in [-0.25, -0.2) is 0 Å². The van der Waals surface area contributed by atoms with Crippen LogP contribution in [0.5, 0.6) is 0 Å². The summed E-state index contributed by atoms with van der Waals surface area (Å²) in [5.41, 5.74) is 6.56. The molecule has 0 heterocycles. The van der Waals surface area contributed by atoms with Crippen LogP contribution in [0, 0.1) is 0 Å². The quantitative estimate of drug-likeness (QED) is 0.171. The Morgan fingerprint density at radius 1 is 0.312 bits per heavy atom. The van der Waals surface area contributed by atoms with Gasteiger partial charge in [0.1, 0.15) is 0 Å². The molecule has 0 amide bonds. The summed E-state index contributed by atoms with van der Waals surface area (Å²) in [6.07, 6.45) is 0. The Bertz CT molecular complexity index is 2900. The van der Waals surface area contributed by atoms with E-state index in [2.05, 4.69) is 172 Å². The van der Waals surface area contributed by atoms with Gasteiger partial charge in [0.05, 0.1) is 0 Å². The Labute approximate surface area is 280 Å². The van der Waals surface area contributed by atoms with E-state index in [-0.39, 0.29) is 5.41 Å². The van der Waals surface area contributed by atoms with Gasteiger partial charge in [0.2, 0.25) is 0 Å². The fourth-order valence-electron chi connectivity index (χ4n) is 8.18. The predicted molar refractivity (Wildman–Crippen MR) is 210 cm³/mol. The Balaban J connectivity index is 1.13. The second-order valence-electron chi connectivity index (χ2n) is 14.6. The summed E-state index contributed by atoms with van der Waals surface area (Å²) in [4.78, 5) is 0.